The van der Waals surface area contributed by atoms with Crippen molar-refractivity contribution < 1.29 is 9.59 Å². The van der Waals surface area contributed by atoms with Gasteiger partial charge in [0.05, 0.1) is 17.3 Å². The molecule has 3 aromatic rings. The quantitative estimate of drug-likeness (QED) is 0.525. The van der Waals surface area contributed by atoms with Crippen LogP contribution in [0.4, 0.5) is 0 Å². The van der Waals surface area contributed by atoms with Crippen LogP contribution in [0.1, 0.15) is 43.2 Å². The van der Waals surface area contributed by atoms with Crippen molar-refractivity contribution in [3.8, 4) is 5.69 Å². The number of hydrogen-bond donors (Lipinski definition) is 0. The number of hydrazone groups is 1. The molecule has 2 heterocycles. The normalized spacial score (nSPS) is 13.7. The van der Waals surface area contributed by atoms with Gasteiger partial charge in [-0.05, 0) is 51.1 Å². The summed E-state index contributed by atoms with van der Waals surface area (Å²) in [5, 5.41) is 5.12. The number of fused-ring (bicyclic) bond motifs is 1. The Morgan fingerprint density at radius 1 is 0.852 bits per heavy atom. The molecular formula is C22H19N3O2. The lowest BCUT2D eigenvalue weighted by molar-refractivity contribution is 0.0660. The molecule has 0 aliphatic carbocycles. The first-order chi connectivity index (χ1) is 13.0. The van der Waals surface area contributed by atoms with Gasteiger partial charge in [-0.3, -0.25) is 9.59 Å². The summed E-state index contributed by atoms with van der Waals surface area (Å²) in [5.41, 5.74) is 5.97. The number of amides is 2. The van der Waals surface area contributed by atoms with E-state index >= 15 is 0 Å². The number of benzene rings is 2. The molecule has 5 nitrogen and oxygen atoms in total. The summed E-state index contributed by atoms with van der Waals surface area (Å²) in [5.74, 6) is -0.779. The SMILES string of the molecule is Cc1ccc(-n2c(C)cc(/C=N\N3C(=O)c4ccccc4C3=O)c2C)cc1. The van der Waals surface area contributed by atoms with Crippen molar-refractivity contribution in [2.75, 3.05) is 0 Å². The second-order valence-electron chi connectivity index (χ2n) is 6.71. The lowest BCUT2D eigenvalue weighted by atomic mass is 10.1. The van der Waals surface area contributed by atoms with Crippen molar-refractivity contribution in [1.82, 2.24) is 9.58 Å². The Balaban J connectivity index is 1.66. The number of aromatic nitrogens is 1. The predicted molar refractivity (Wildman–Crippen MR) is 105 cm³/mol. The molecule has 0 atom stereocenters. The van der Waals surface area contributed by atoms with Crippen LogP contribution >= 0.6 is 0 Å². The first kappa shape index (κ1) is 17.0. The molecule has 0 saturated carbocycles. The minimum atomic E-state index is -0.390. The predicted octanol–water partition coefficient (Wildman–Crippen LogP) is 4.03. The Hall–Kier alpha value is -3.47. The van der Waals surface area contributed by atoms with Crippen LogP contribution in [0.15, 0.2) is 59.7 Å². The molecule has 2 amide bonds. The molecule has 1 aliphatic rings. The van der Waals surface area contributed by atoms with E-state index in [1.54, 1.807) is 30.5 Å². The van der Waals surface area contributed by atoms with E-state index in [4.69, 9.17) is 0 Å². The first-order valence-electron chi connectivity index (χ1n) is 8.75. The van der Waals surface area contributed by atoms with E-state index in [0.717, 1.165) is 27.6 Å². The maximum Gasteiger partial charge on any atom is 0.282 e. The molecule has 27 heavy (non-hydrogen) atoms. The number of hydrogen-bond acceptors (Lipinski definition) is 3. The highest BCUT2D eigenvalue weighted by Crippen LogP contribution is 2.24. The van der Waals surface area contributed by atoms with Crippen LogP contribution in [0.25, 0.3) is 5.69 Å². The summed E-state index contributed by atoms with van der Waals surface area (Å²) in [6.45, 7) is 6.07. The molecule has 0 radical (unpaired) electrons. The molecule has 1 aliphatic heterocycles. The van der Waals surface area contributed by atoms with Gasteiger partial charge >= 0.3 is 0 Å². The second kappa shape index (κ2) is 6.36. The molecule has 0 spiro atoms. The summed E-state index contributed by atoms with van der Waals surface area (Å²) < 4.78 is 2.13. The smallest absolute Gasteiger partial charge is 0.282 e. The number of nitrogens with zero attached hydrogens (tertiary/aromatic N) is 3. The lowest BCUT2D eigenvalue weighted by Crippen LogP contribution is -2.24. The summed E-state index contributed by atoms with van der Waals surface area (Å²) in [4.78, 5) is 24.8. The average molecular weight is 357 g/mol. The Morgan fingerprint density at radius 3 is 2.04 bits per heavy atom. The topological polar surface area (TPSA) is 54.7 Å². The number of aryl methyl sites for hydroxylation is 2. The molecule has 134 valence electrons. The van der Waals surface area contributed by atoms with Crippen LogP contribution in [-0.2, 0) is 0 Å². The lowest BCUT2D eigenvalue weighted by Gasteiger charge is -2.10. The molecule has 0 unspecified atom stereocenters. The maximum absolute atomic E-state index is 12.4. The van der Waals surface area contributed by atoms with Crippen LogP contribution in [-0.4, -0.2) is 27.6 Å². The van der Waals surface area contributed by atoms with Gasteiger partial charge in [0, 0.05) is 22.6 Å². The monoisotopic (exact) mass is 357 g/mol. The van der Waals surface area contributed by atoms with E-state index in [0.29, 0.717) is 11.1 Å². The fourth-order valence-electron chi connectivity index (χ4n) is 3.41. The summed E-state index contributed by atoms with van der Waals surface area (Å²) in [7, 11) is 0. The van der Waals surface area contributed by atoms with Crippen LogP contribution in [0, 0.1) is 20.8 Å². The Bertz CT molecular complexity index is 1060. The van der Waals surface area contributed by atoms with Crippen molar-refractivity contribution in [1.29, 1.82) is 0 Å². The second-order valence-corrected chi connectivity index (χ2v) is 6.71. The van der Waals surface area contributed by atoms with E-state index in [1.807, 2.05) is 19.9 Å². The highest BCUT2D eigenvalue weighted by atomic mass is 16.2. The van der Waals surface area contributed by atoms with E-state index in [2.05, 4.69) is 40.9 Å². The van der Waals surface area contributed by atoms with E-state index in [-0.39, 0.29) is 11.8 Å². The number of imide groups is 1. The molecule has 1 aromatic heterocycles. The van der Waals surface area contributed by atoms with Crippen LogP contribution in [0.3, 0.4) is 0 Å². The molecule has 0 fully saturated rings. The van der Waals surface area contributed by atoms with Gasteiger partial charge < -0.3 is 4.57 Å². The molecule has 0 N–H and O–H groups in total. The van der Waals surface area contributed by atoms with Crippen molar-refractivity contribution in [2.45, 2.75) is 20.8 Å². The third-order valence-electron chi connectivity index (χ3n) is 4.85. The standard InChI is InChI=1S/C22H19N3O2/c1-14-8-10-18(11-9-14)24-15(2)12-17(16(24)3)13-23-25-21(26)19-6-4-5-7-20(19)22(25)27/h4-13H,1-3H3/b23-13-. The Kier molecular flexibility index (Phi) is 4.00. The summed E-state index contributed by atoms with van der Waals surface area (Å²) >= 11 is 0. The van der Waals surface area contributed by atoms with Gasteiger partial charge in [0.2, 0.25) is 0 Å². The number of rotatable bonds is 3. The highest BCUT2D eigenvalue weighted by molar-refractivity contribution is 6.21. The van der Waals surface area contributed by atoms with Gasteiger partial charge in [-0.15, -0.1) is 0 Å². The molecule has 0 saturated heterocycles. The molecule has 5 heteroatoms. The zero-order chi connectivity index (χ0) is 19.1. The van der Waals surface area contributed by atoms with Crippen LogP contribution < -0.4 is 0 Å². The van der Waals surface area contributed by atoms with Crippen molar-refractivity contribution in [3.63, 3.8) is 0 Å². The zero-order valence-corrected chi connectivity index (χ0v) is 15.4. The Morgan fingerprint density at radius 2 is 1.44 bits per heavy atom. The zero-order valence-electron chi connectivity index (χ0n) is 15.4. The van der Waals surface area contributed by atoms with Crippen LogP contribution in [0.2, 0.25) is 0 Å². The fourth-order valence-corrected chi connectivity index (χ4v) is 3.41. The van der Waals surface area contributed by atoms with E-state index in [9.17, 15) is 9.59 Å². The van der Waals surface area contributed by atoms with Gasteiger partial charge in [-0.25, -0.2) is 0 Å². The third-order valence-corrected chi connectivity index (χ3v) is 4.85. The molecule has 0 bridgehead atoms. The van der Waals surface area contributed by atoms with Crippen LogP contribution in [0.5, 0.6) is 0 Å². The number of carbonyl (C=O) groups excluding carboxylic acids is 2. The summed E-state index contributed by atoms with van der Waals surface area (Å²) in [6.07, 6.45) is 1.58. The maximum atomic E-state index is 12.4. The van der Waals surface area contributed by atoms with Gasteiger partial charge in [-0.2, -0.15) is 10.1 Å². The van der Waals surface area contributed by atoms with E-state index < -0.39 is 0 Å². The van der Waals surface area contributed by atoms with Gasteiger partial charge in [0.25, 0.3) is 11.8 Å². The minimum Gasteiger partial charge on any atom is -0.318 e. The fraction of sp³-hybridized carbons (Fsp3) is 0.136. The molecular weight excluding hydrogens is 338 g/mol. The van der Waals surface area contributed by atoms with Gasteiger partial charge in [0.15, 0.2) is 0 Å². The van der Waals surface area contributed by atoms with E-state index in [1.165, 1.54) is 5.56 Å². The first-order valence-corrected chi connectivity index (χ1v) is 8.75. The Labute approximate surface area is 157 Å². The van der Waals surface area contributed by atoms with Gasteiger partial charge in [0.1, 0.15) is 0 Å². The molecule has 4 rings (SSSR count). The van der Waals surface area contributed by atoms with Gasteiger partial charge in [-0.1, -0.05) is 29.8 Å². The van der Waals surface area contributed by atoms with Crippen molar-refractivity contribution in [2.24, 2.45) is 5.10 Å². The van der Waals surface area contributed by atoms with Crippen molar-refractivity contribution >= 4 is 18.0 Å². The third kappa shape index (κ3) is 2.77. The number of carbonyl (C=O) groups is 2. The average Bonchev–Trinajstić information content (AvgIpc) is 3.08. The van der Waals surface area contributed by atoms with Crippen molar-refractivity contribution in [3.05, 3.63) is 88.2 Å². The summed E-state index contributed by atoms with van der Waals surface area (Å²) in [6, 6.07) is 17.1. The highest BCUT2D eigenvalue weighted by Gasteiger charge is 2.35. The minimum absolute atomic E-state index is 0.390. The molecule has 2 aromatic carbocycles. The largest absolute Gasteiger partial charge is 0.318 e.